The fraction of sp³-hybridized carbons (Fsp3) is 0.824. The molecule has 2 heteroatoms. The SMILES string of the molecule is C=C(C1=NCCCCCCC1)[Si](C)(CCC)CCC. The Bertz CT molecular complexity index is 300. The van der Waals surface area contributed by atoms with Crippen molar-refractivity contribution in [1.29, 1.82) is 0 Å². The summed E-state index contributed by atoms with van der Waals surface area (Å²) in [7, 11) is -1.32. The second-order valence-corrected chi connectivity index (χ2v) is 11.1. The highest BCUT2D eigenvalue weighted by molar-refractivity contribution is 6.89. The van der Waals surface area contributed by atoms with Crippen molar-refractivity contribution in [3.05, 3.63) is 11.8 Å². The van der Waals surface area contributed by atoms with Gasteiger partial charge in [0.2, 0.25) is 0 Å². The van der Waals surface area contributed by atoms with Gasteiger partial charge in [0.15, 0.2) is 0 Å². The molecule has 0 aromatic carbocycles. The molecule has 0 saturated heterocycles. The van der Waals surface area contributed by atoms with E-state index in [-0.39, 0.29) is 0 Å². The maximum absolute atomic E-state index is 4.93. The molecule has 0 aromatic rings. The largest absolute Gasteiger partial charge is 0.290 e. The van der Waals surface area contributed by atoms with Crippen LogP contribution in [-0.4, -0.2) is 20.3 Å². The smallest absolute Gasteiger partial charge is 0.0852 e. The second kappa shape index (κ2) is 8.73. The quantitative estimate of drug-likeness (QED) is 0.547. The van der Waals surface area contributed by atoms with Crippen molar-refractivity contribution >= 4 is 13.8 Å². The lowest BCUT2D eigenvalue weighted by atomic mass is 10.1. The van der Waals surface area contributed by atoms with E-state index in [9.17, 15) is 0 Å². The van der Waals surface area contributed by atoms with Gasteiger partial charge in [-0.25, -0.2) is 0 Å². The lowest BCUT2D eigenvalue weighted by Crippen LogP contribution is -2.36. The summed E-state index contributed by atoms with van der Waals surface area (Å²) in [5.41, 5.74) is 1.40. The molecule has 0 aliphatic carbocycles. The highest BCUT2D eigenvalue weighted by atomic mass is 28.3. The molecule has 0 amide bonds. The minimum absolute atomic E-state index is 1.04. The van der Waals surface area contributed by atoms with E-state index in [0.717, 1.165) is 6.54 Å². The molecule has 1 heterocycles. The molecule has 0 aromatic heterocycles. The van der Waals surface area contributed by atoms with Gasteiger partial charge in [-0.15, -0.1) is 0 Å². The van der Waals surface area contributed by atoms with Crippen molar-refractivity contribution in [2.75, 3.05) is 6.54 Å². The van der Waals surface area contributed by atoms with Crippen molar-refractivity contribution in [3.63, 3.8) is 0 Å². The molecule has 19 heavy (non-hydrogen) atoms. The Kier molecular flexibility index (Phi) is 7.66. The number of hydrogen-bond acceptors (Lipinski definition) is 1. The summed E-state index contributed by atoms with van der Waals surface area (Å²) in [6.07, 6.45) is 10.5. The number of aliphatic imine (C=N–C) groups is 1. The second-order valence-electron chi connectivity index (χ2n) is 6.39. The lowest BCUT2D eigenvalue weighted by molar-refractivity contribution is 0.639. The molecule has 0 N–H and O–H groups in total. The number of hydrogen-bond donors (Lipinski definition) is 0. The highest BCUT2D eigenvalue weighted by Crippen LogP contribution is 2.29. The van der Waals surface area contributed by atoms with Crippen molar-refractivity contribution in [2.45, 2.75) is 83.8 Å². The zero-order valence-electron chi connectivity index (χ0n) is 13.4. The van der Waals surface area contributed by atoms with Crippen LogP contribution in [0.5, 0.6) is 0 Å². The number of allylic oxidation sites excluding steroid dienone is 1. The van der Waals surface area contributed by atoms with Crippen molar-refractivity contribution in [1.82, 2.24) is 0 Å². The summed E-state index contributed by atoms with van der Waals surface area (Å²) in [4.78, 5) is 4.93. The molecular weight excluding hydrogens is 246 g/mol. The van der Waals surface area contributed by atoms with Crippen molar-refractivity contribution < 1.29 is 0 Å². The van der Waals surface area contributed by atoms with Gasteiger partial charge >= 0.3 is 0 Å². The number of nitrogens with zero attached hydrogens (tertiary/aromatic N) is 1. The van der Waals surface area contributed by atoms with Crippen LogP contribution in [0.3, 0.4) is 0 Å². The zero-order valence-corrected chi connectivity index (χ0v) is 14.4. The van der Waals surface area contributed by atoms with Crippen LogP contribution < -0.4 is 0 Å². The molecule has 0 fully saturated rings. The van der Waals surface area contributed by atoms with Gasteiger partial charge in [0, 0.05) is 12.3 Å². The van der Waals surface area contributed by atoms with Gasteiger partial charge < -0.3 is 0 Å². The van der Waals surface area contributed by atoms with Crippen LogP contribution in [0, 0.1) is 0 Å². The van der Waals surface area contributed by atoms with Crippen LogP contribution in [0.15, 0.2) is 16.8 Å². The van der Waals surface area contributed by atoms with Gasteiger partial charge in [-0.3, -0.25) is 4.99 Å². The topological polar surface area (TPSA) is 12.4 Å². The van der Waals surface area contributed by atoms with Crippen LogP contribution in [0.25, 0.3) is 0 Å². The van der Waals surface area contributed by atoms with Gasteiger partial charge in [0.05, 0.1) is 8.07 Å². The van der Waals surface area contributed by atoms with Gasteiger partial charge in [0.25, 0.3) is 0 Å². The fourth-order valence-corrected chi connectivity index (χ4v) is 7.31. The van der Waals surface area contributed by atoms with E-state index in [2.05, 4.69) is 27.0 Å². The molecule has 0 bridgehead atoms. The van der Waals surface area contributed by atoms with Gasteiger partial charge in [-0.05, 0) is 24.5 Å². The van der Waals surface area contributed by atoms with Crippen LogP contribution >= 0.6 is 0 Å². The van der Waals surface area contributed by atoms with Crippen LogP contribution in [-0.2, 0) is 0 Å². The summed E-state index contributed by atoms with van der Waals surface area (Å²) in [6, 6.07) is 2.78. The average Bonchev–Trinajstić information content (AvgIpc) is 2.51. The van der Waals surface area contributed by atoms with E-state index >= 15 is 0 Å². The van der Waals surface area contributed by atoms with Crippen LogP contribution in [0.4, 0.5) is 0 Å². The van der Waals surface area contributed by atoms with Gasteiger partial charge in [0.1, 0.15) is 0 Å². The predicted molar refractivity (Wildman–Crippen MR) is 91.0 cm³/mol. The first-order valence-electron chi connectivity index (χ1n) is 8.37. The Labute approximate surface area is 121 Å². The standard InChI is InChI=1S/C17H33NSi/c1-5-14-19(4,15-6-2)16(3)17-12-10-8-7-9-11-13-18-17/h3,5-15H2,1-2,4H3. The predicted octanol–water partition coefficient (Wildman–Crippen LogP) is 5.78. The maximum Gasteiger partial charge on any atom is 0.0852 e. The molecule has 0 saturated carbocycles. The summed E-state index contributed by atoms with van der Waals surface area (Å²) in [5.74, 6) is 0. The van der Waals surface area contributed by atoms with Crippen molar-refractivity contribution in [2.24, 2.45) is 4.99 Å². The highest BCUT2D eigenvalue weighted by Gasteiger charge is 2.30. The van der Waals surface area contributed by atoms with Crippen LogP contribution in [0.1, 0.15) is 65.2 Å². The molecule has 0 spiro atoms. The normalized spacial score (nSPS) is 18.2. The van der Waals surface area contributed by atoms with E-state index in [1.54, 1.807) is 0 Å². The maximum atomic E-state index is 4.93. The summed E-state index contributed by atoms with van der Waals surface area (Å²) in [6.45, 7) is 12.7. The Morgan fingerprint density at radius 3 is 2.26 bits per heavy atom. The Balaban J connectivity index is 2.80. The van der Waals surface area contributed by atoms with E-state index < -0.39 is 8.07 Å². The third-order valence-corrected chi connectivity index (χ3v) is 9.51. The molecular formula is C17H33NSi. The molecule has 110 valence electrons. The minimum Gasteiger partial charge on any atom is -0.290 e. The molecule has 1 aliphatic heterocycles. The Morgan fingerprint density at radius 2 is 1.63 bits per heavy atom. The Hall–Kier alpha value is -0.373. The number of rotatable bonds is 6. The van der Waals surface area contributed by atoms with E-state index in [4.69, 9.17) is 4.99 Å². The average molecular weight is 280 g/mol. The monoisotopic (exact) mass is 279 g/mol. The minimum atomic E-state index is -1.32. The van der Waals surface area contributed by atoms with E-state index in [1.165, 1.54) is 74.4 Å². The van der Waals surface area contributed by atoms with E-state index in [1.807, 2.05) is 0 Å². The lowest BCUT2D eigenvalue weighted by Gasteiger charge is -2.30. The van der Waals surface area contributed by atoms with E-state index in [0.29, 0.717) is 0 Å². The third-order valence-electron chi connectivity index (χ3n) is 4.55. The molecule has 1 aliphatic rings. The molecule has 0 atom stereocenters. The van der Waals surface area contributed by atoms with Crippen LogP contribution in [0.2, 0.25) is 18.6 Å². The Morgan fingerprint density at radius 1 is 1.05 bits per heavy atom. The van der Waals surface area contributed by atoms with Gasteiger partial charge in [-0.2, -0.15) is 0 Å². The molecule has 0 radical (unpaired) electrons. The third kappa shape index (κ3) is 5.25. The molecule has 1 rings (SSSR count). The first-order valence-corrected chi connectivity index (χ1v) is 11.3. The van der Waals surface area contributed by atoms with Crippen molar-refractivity contribution in [3.8, 4) is 0 Å². The van der Waals surface area contributed by atoms with Gasteiger partial charge in [-0.1, -0.05) is 71.2 Å². The molecule has 1 nitrogen and oxygen atoms in total. The summed E-state index contributed by atoms with van der Waals surface area (Å²) in [5, 5.41) is 1.48. The summed E-state index contributed by atoms with van der Waals surface area (Å²) < 4.78 is 0. The first kappa shape index (κ1) is 16.7. The summed E-state index contributed by atoms with van der Waals surface area (Å²) >= 11 is 0. The first-order chi connectivity index (χ1) is 9.14. The fourth-order valence-electron chi connectivity index (χ4n) is 3.35. The zero-order chi connectivity index (χ0) is 14.1. The molecule has 0 unspecified atom stereocenters.